The molecule has 0 radical (unpaired) electrons. The van der Waals surface area contributed by atoms with E-state index < -0.39 is 18.7 Å². The monoisotopic (exact) mass is 275 g/mol. The van der Waals surface area contributed by atoms with Crippen LogP contribution in [0.25, 0.3) is 0 Å². The van der Waals surface area contributed by atoms with Gasteiger partial charge in [-0.25, -0.2) is 4.79 Å². The van der Waals surface area contributed by atoms with Gasteiger partial charge in [0.15, 0.2) is 0 Å². The SMILES string of the molecule is CCCN(CC(F)(F)F)c1ccc(C(=O)O)c(C)c1. The van der Waals surface area contributed by atoms with E-state index in [2.05, 4.69) is 0 Å². The summed E-state index contributed by atoms with van der Waals surface area (Å²) in [6.07, 6.45) is -3.70. The van der Waals surface area contributed by atoms with Gasteiger partial charge in [0.25, 0.3) is 0 Å². The maximum atomic E-state index is 12.5. The molecule has 0 heterocycles. The van der Waals surface area contributed by atoms with Gasteiger partial charge >= 0.3 is 12.1 Å². The van der Waals surface area contributed by atoms with Gasteiger partial charge in [-0.15, -0.1) is 0 Å². The Hall–Kier alpha value is -1.72. The molecule has 0 unspecified atom stereocenters. The molecule has 1 aromatic carbocycles. The van der Waals surface area contributed by atoms with E-state index in [0.29, 0.717) is 17.7 Å². The van der Waals surface area contributed by atoms with Crippen LogP contribution >= 0.6 is 0 Å². The summed E-state index contributed by atoms with van der Waals surface area (Å²) in [6.45, 7) is 2.60. The lowest BCUT2D eigenvalue weighted by molar-refractivity contribution is -0.119. The minimum Gasteiger partial charge on any atom is -0.478 e. The van der Waals surface area contributed by atoms with Crippen molar-refractivity contribution in [2.45, 2.75) is 26.4 Å². The maximum absolute atomic E-state index is 12.5. The predicted octanol–water partition coefficient (Wildman–Crippen LogP) is 3.47. The van der Waals surface area contributed by atoms with Crippen molar-refractivity contribution < 1.29 is 23.1 Å². The van der Waals surface area contributed by atoms with Crippen molar-refractivity contribution >= 4 is 11.7 Å². The highest BCUT2D eigenvalue weighted by Crippen LogP contribution is 2.24. The molecule has 0 aliphatic rings. The molecule has 0 bridgehead atoms. The van der Waals surface area contributed by atoms with E-state index in [9.17, 15) is 18.0 Å². The molecule has 0 amide bonds. The molecule has 0 saturated heterocycles. The fourth-order valence-corrected chi connectivity index (χ4v) is 1.87. The smallest absolute Gasteiger partial charge is 0.405 e. The number of halogens is 3. The van der Waals surface area contributed by atoms with Crippen LogP contribution in [0.4, 0.5) is 18.9 Å². The lowest BCUT2D eigenvalue weighted by atomic mass is 10.1. The van der Waals surface area contributed by atoms with Gasteiger partial charge in [0.1, 0.15) is 6.54 Å². The molecule has 19 heavy (non-hydrogen) atoms. The van der Waals surface area contributed by atoms with E-state index >= 15 is 0 Å². The van der Waals surface area contributed by atoms with Crippen molar-refractivity contribution in [3.8, 4) is 0 Å². The second kappa shape index (κ2) is 5.95. The molecule has 1 aromatic rings. The van der Waals surface area contributed by atoms with Crippen LogP contribution in [0.3, 0.4) is 0 Å². The van der Waals surface area contributed by atoms with Crippen LogP contribution in [0.5, 0.6) is 0 Å². The summed E-state index contributed by atoms with van der Waals surface area (Å²) in [4.78, 5) is 12.1. The van der Waals surface area contributed by atoms with Gasteiger partial charge in [-0.3, -0.25) is 0 Å². The van der Waals surface area contributed by atoms with Crippen LogP contribution in [0.1, 0.15) is 29.3 Å². The second-order valence-corrected chi connectivity index (χ2v) is 4.34. The average molecular weight is 275 g/mol. The number of carboxylic acids is 1. The Kier molecular flexibility index (Phi) is 4.80. The van der Waals surface area contributed by atoms with Gasteiger partial charge in [0.2, 0.25) is 0 Å². The lowest BCUT2D eigenvalue weighted by Crippen LogP contribution is -2.34. The van der Waals surface area contributed by atoms with Gasteiger partial charge in [0.05, 0.1) is 5.56 Å². The van der Waals surface area contributed by atoms with Crippen LogP contribution in [0, 0.1) is 6.92 Å². The molecule has 0 spiro atoms. The van der Waals surface area contributed by atoms with Crippen LogP contribution in [-0.2, 0) is 0 Å². The number of aryl methyl sites for hydroxylation is 1. The molecule has 1 rings (SSSR count). The quantitative estimate of drug-likeness (QED) is 0.894. The zero-order chi connectivity index (χ0) is 14.6. The highest BCUT2D eigenvalue weighted by molar-refractivity contribution is 5.89. The van der Waals surface area contributed by atoms with Crippen LogP contribution in [0.2, 0.25) is 0 Å². The minimum atomic E-state index is -4.28. The summed E-state index contributed by atoms with van der Waals surface area (Å²) in [5.41, 5.74) is 0.946. The molecular formula is C13H16F3NO2. The summed E-state index contributed by atoms with van der Waals surface area (Å²) >= 11 is 0. The van der Waals surface area contributed by atoms with Gasteiger partial charge in [-0.05, 0) is 37.1 Å². The number of aromatic carboxylic acids is 1. The number of rotatable bonds is 5. The number of alkyl halides is 3. The van der Waals surface area contributed by atoms with E-state index in [1.807, 2.05) is 0 Å². The van der Waals surface area contributed by atoms with E-state index in [0.717, 1.165) is 0 Å². The molecule has 0 aliphatic carbocycles. The summed E-state index contributed by atoms with van der Waals surface area (Å²) in [7, 11) is 0. The first-order valence-corrected chi connectivity index (χ1v) is 5.90. The summed E-state index contributed by atoms with van der Waals surface area (Å²) in [5.74, 6) is -1.08. The third-order valence-corrected chi connectivity index (χ3v) is 2.67. The molecule has 1 N–H and O–H groups in total. The number of carboxylic acid groups (broad SMARTS) is 1. The second-order valence-electron chi connectivity index (χ2n) is 4.34. The Morgan fingerprint density at radius 3 is 2.42 bits per heavy atom. The summed E-state index contributed by atoms with van der Waals surface area (Å²) in [6, 6.07) is 4.23. The van der Waals surface area contributed by atoms with Crippen molar-refractivity contribution in [3.05, 3.63) is 29.3 Å². The molecular weight excluding hydrogens is 259 g/mol. The van der Waals surface area contributed by atoms with Gasteiger partial charge in [-0.2, -0.15) is 13.2 Å². The number of hydrogen-bond donors (Lipinski definition) is 1. The van der Waals surface area contributed by atoms with Gasteiger partial charge < -0.3 is 10.0 Å². The lowest BCUT2D eigenvalue weighted by Gasteiger charge is -2.26. The molecule has 0 atom stereocenters. The third-order valence-electron chi connectivity index (χ3n) is 2.67. The Morgan fingerprint density at radius 2 is 2.00 bits per heavy atom. The number of carbonyl (C=O) groups is 1. The standard InChI is InChI=1S/C13H16F3NO2/c1-3-6-17(8-13(14,15)16)10-4-5-11(12(18)19)9(2)7-10/h4-5,7H,3,6,8H2,1-2H3,(H,18,19). The predicted molar refractivity (Wildman–Crippen MR) is 66.7 cm³/mol. The van der Waals surface area contributed by atoms with E-state index in [1.54, 1.807) is 13.8 Å². The van der Waals surface area contributed by atoms with Crippen LogP contribution in [-0.4, -0.2) is 30.3 Å². The Balaban J connectivity index is 3.03. The number of nitrogens with zero attached hydrogens (tertiary/aromatic N) is 1. The number of anilines is 1. The number of hydrogen-bond acceptors (Lipinski definition) is 2. The Bertz CT molecular complexity index is 458. The molecule has 0 aromatic heterocycles. The first-order valence-electron chi connectivity index (χ1n) is 5.90. The van der Waals surface area contributed by atoms with Crippen molar-refractivity contribution in [1.29, 1.82) is 0 Å². The zero-order valence-electron chi connectivity index (χ0n) is 10.8. The molecule has 0 fully saturated rings. The van der Waals surface area contributed by atoms with E-state index in [1.165, 1.54) is 23.1 Å². The van der Waals surface area contributed by atoms with Crippen molar-refractivity contribution in [2.75, 3.05) is 18.0 Å². The summed E-state index contributed by atoms with van der Waals surface area (Å²) < 4.78 is 37.5. The van der Waals surface area contributed by atoms with Crippen LogP contribution < -0.4 is 4.90 Å². The number of benzene rings is 1. The fraction of sp³-hybridized carbons (Fsp3) is 0.462. The highest BCUT2D eigenvalue weighted by atomic mass is 19.4. The molecule has 0 aliphatic heterocycles. The minimum absolute atomic E-state index is 0.104. The average Bonchev–Trinajstić information content (AvgIpc) is 2.26. The fourth-order valence-electron chi connectivity index (χ4n) is 1.87. The van der Waals surface area contributed by atoms with Crippen molar-refractivity contribution in [2.24, 2.45) is 0 Å². The molecule has 6 heteroatoms. The molecule has 0 saturated carbocycles. The van der Waals surface area contributed by atoms with Gasteiger partial charge in [0, 0.05) is 12.2 Å². The highest BCUT2D eigenvalue weighted by Gasteiger charge is 2.30. The van der Waals surface area contributed by atoms with E-state index in [4.69, 9.17) is 5.11 Å². The molecule has 3 nitrogen and oxygen atoms in total. The third kappa shape index (κ3) is 4.46. The van der Waals surface area contributed by atoms with E-state index in [-0.39, 0.29) is 12.1 Å². The normalized spacial score (nSPS) is 11.4. The Morgan fingerprint density at radius 1 is 1.37 bits per heavy atom. The Labute approximate surface area is 109 Å². The maximum Gasteiger partial charge on any atom is 0.405 e. The van der Waals surface area contributed by atoms with Crippen LogP contribution in [0.15, 0.2) is 18.2 Å². The first-order chi connectivity index (χ1) is 8.74. The largest absolute Gasteiger partial charge is 0.478 e. The topological polar surface area (TPSA) is 40.5 Å². The van der Waals surface area contributed by atoms with Gasteiger partial charge in [-0.1, -0.05) is 6.92 Å². The van der Waals surface area contributed by atoms with Crippen molar-refractivity contribution in [1.82, 2.24) is 0 Å². The zero-order valence-corrected chi connectivity index (χ0v) is 10.8. The first kappa shape index (κ1) is 15.3. The summed E-state index contributed by atoms with van der Waals surface area (Å²) in [5, 5.41) is 8.89. The molecule has 106 valence electrons. The van der Waals surface area contributed by atoms with Crippen molar-refractivity contribution in [3.63, 3.8) is 0 Å².